The number of unbranched alkanes of at least 4 members (excludes halogenated alkanes) is 1. The van der Waals surface area contributed by atoms with Crippen molar-refractivity contribution in [1.82, 2.24) is 10.2 Å². The second kappa shape index (κ2) is 6.37. The number of carbonyl (C=O) groups excluding carboxylic acids is 2. The Morgan fingerprint density at radius 3 is 2.74 bits per heavy atom. The van der Waals surface area contributed by atoms with Gasteiger partial charge >= 0.3 is 0 Å². The molecule has 5 heteroatoms. The molecular weight excluding hydrogens is 244 g/mol. The smallest absolute Gasteiger partial charge is 0.248 e. The van der Waals surface area contributed by atoms with Gasteiger partial charge in [-0.05, 0) is 24.7 Å². The van der Waals surface area contributed by atoms with Crippen LogP contribution in [-0.4, -0.2) is 49.6 Å². The highest BCUT2D eigenvalue weighted by Crippen LogP contribution is 2.37. The van der Waals surface area contributed by atoms with Crippen LogP contribution in [0.4, 0.5) is 0 Å². The molecule has 2 rings (SSSR count). The molecule has 0 unspecified atom stereocenters. The fourth-order valence-corrected chi connectivity index (χ4v) is 2.83. The van der Waals surface area contributed by atoms with Gasteiger partial charge in [-0.3, -0.25) is 9.59 Å². The number of nitrogens with one attached hydrogen (secondary N) is 1. The molecule has 0 atom stereocenters. The first-order valence-electron chi connectivity index (χ1n) is 7.27. The molecule has 2 aliphatic heterocycles. The third-order valence-corrected chi connectivity index (χ3v) is 4.24. The number of carbonyl (C=O) groups is 2. The lowest BCUT2D eigenvalue weighted by atomic mass is 9.77. The first-order chi connectivity index (χ1) is 9.15. The third kappa shape index (κ3) is 3.69. The standard InChI is InChI=1S/C14H24N2O3/c1-2-3-8-19-10-13(18)16-6-4-14(5-7-16)9-12(17)15-11-14/h2-11H2,1H3,(H,15,17). The lowest BCUT2D eigenvalue weighted by Crippen LogP contribution is -2.45. The number of likely N-dealkylation sites (tertiary alicyclic amines) is 1. The topological polar surface area (TPSA) is 58.6 Å². The first kappa shape index (κ1) is 14.3. The van der Waals surface area contributed by atoms with Crippen molar-refractivity contribution in [3.05, 3.63) is 0 Å². The van der Waals surface area contributed by atoms with Gasteiger partial charge in [-0.15, -0.1) is 0 Å². The van der Waals surface area contributed by atoms with Crippen LogP contribution in [0.5, 0.6) is 0 Å². The average Bonchev–Trinajstić information content (AvgIpc) is 2.76. The van der Waals surface area contributed by atoms with Gasteiger partial charge in [-0.25, -0.2) is 0 Å². The van der Waals surface area contributed by atoms with E-state index in [0.29, 0.717) is 13.0 Å². The quantitative estimate of drug-likeness (QED) is 0.755. The van der Waals surface area contributed by atoms with E-state index >= 15 is 0 Å². The molecule has 0 aromatic carbocycles. The number of hydrogen-bond donors (Lipinski definition) is 1. The Kier molecular flexibility index (Phi) is 4.80. The summed E-state index contributed by atoms with van der Waals surface area (Å²) < 4.78 is 5.37. The molecule has 19 heavy (non-hydrogen) atoms. The number of amides is 2. The minimum atomic E-state index is 0.0863. The van der Waals surface area contributed by atoms with Gasteiger partial charge in [0.15, 0.2) is 0 Å². The number of rotatable bonds is 5. The van der Waals surface area contributed by atoms with E-state index in [4.69, 9.17) is 4.74 Å². The van der Waals surface area contributed by atoms with Crippen LogP contribution in [-0.2, 0) is 14.3 Å². The Morgan fingerprint density at radius 2 is 2.16 bits per heavy atom. The van der Waals surface area contributed by atoms with Crippen molar-refractivity contribution in [2.75, 3.05) is 32.8 Å². The highest BCUT2D eigenvalue weighted by Gasteiger charge is 2.41. The summed E-state index contributed by atoms with van der Waals surface area (Å²) in [4.78, 5) is 25.1. The van der Waals surface area contributed by atoms with Crippen LogP contribution in [0.15, 0.2) is 0 Å². The lowest BCUT2D eigenvalue weighted by molar-refractivity contribution is -0.138. The van der Waals surface area contributed by atoms with Crippen LogP contribution in [0.2, 0.25) is 0 Å². The van der Waals surface area contributed by atoms with Crippen molar-refractivity contribution in [2.24, 2.45) is 5.41 Å². The average molecular weight is 268 g/mol. The van der Waals surface area contributed by atoms with E-state index in [1.165, 1.54) is 0 Å². The molecule has 0 aliphatic carbocycles. The summed E-state index contributed by atoms with van der Waals surface area (Å²) in [5, 5.41) is 2.91. The summed E-state index contributed by atoms with van der Waals surface area (Å²) in [6.07, 6.45) is 4.56. The minimum Gasteiger partial charge on any atom is -0.372 e. The maximum Gasteiger partial charge on any atom is 0.248 e. The van der Waals surface area contributed by atoms with Crippen LogP contribution >= 0.6 is 0 Å². The summed E-state index contributed by atoms with van der Waals surface area (Å²) in [6.45, 7) is 5.26. The molecule has 2 heterocycles. The zero-order valence-electron chi connectivity index (χ0n) is 11.7. The van der Waals surface area contributed by atoms with E-state index in [1.54, 1.807) is 0 Å². The fourth-order valence-electron chi connectivity index (χ4n) is 2.83. The van der Waals surface area contributed by atoms with Crippen LogP contribution in [0.1, 0.15) is 39.0 Å². The number of hydrogen-bond acceptors (Lipinski definition) is 3. The van der Waals surface area contributed by atoms with Crippen molar-refractivity contribution >= 4 is 11.8 Å². The van der Waals surface area contributed by atoms with E-state index in [2.05, 4.69) is 12.2 Å². The summed E-state index contributed by atoms with van der Waals surface area (Å²) in [5.74, 6) is 0.242. The largest absolute Gasteiger partial charge is 0.372 e. The molecule has 5 nitrogen and oxygen atoms in total. The van der Waals surface area contributed by atoms with Gasteiger partial charge in [-0.1, -0.05) is 13.3 Å². The zero-order chi connectivity index (χ0) is 13.7. The van der Waals surface area contributed by atoms with Crippen molar-refractivity contribution in [1.29, 1.82) is 0 Å². The number of piperidine rings is 1. The molecule has 2 fully saturated rings. The van der Waals surface area contributed by atoms with Crippen molar-refractivity contribution < 1.29 is 14.3 Å². The Morgan fingerprint density at radius 1 is 1.42 bits per heavy atom. The fraction of sp³-hybridized carbons (Fsp3) is 0.857. The zero-order valence-corrected chi connectivity index (χ0v) is 11.7. The summed E-state index contributed by atoms with van der Waals surface area (Å²) in [6, 6.07) is 0. The third-order valence-electron chi connectivity index (χ3n) is 4.24. The minimum absolute atomic E-state index is 0.0863. The van der Waals surface area contributed by atoms with Crippen molar-refractivity contribution in [3.8, 4) is 0 Å². The Labute approximate surface area is 114 Å². The molecule has 0 radical (unpaired) electrons. The summed E-state index contributed by atoms with van der Waals surface area (Å²) >= 11 is 0. The molecule has 2 aliphatic rings. The number of ether oxygens (including phenoxy) is 1. The first-order valence-corrected chi connectivity index (χ1v) is 7.27. The molecule has 0 bridgehead atoms. The number of nitrogens with zero attached hydrogens (tertiary/aromatic N) is 1. The van der Waals surface area contributed by atoms with Gasteiger partial charge in [-0.2, -0.15) is 0 Å². The van der Waals surface area contributed by atoms with Crippen molar-refractivity contribution in [3.63, 3.8) is 0 Å². The van der Waals surface area contributed by atoms with Gasteiger partial charge in [0.2, 0.25) is 11.8 Å². The highest BCUT2D eigenvalue weighted by atomic mass is 16.5. The molecule has 2 amide bonds. The summed E-state index contributed by atoms with van der Waals surface area (Å²) in [7, 11) is 0. The van der Waals surface area contributed by atoms with E-state index in [9.17, 15) is 9.59 Å². The second-order valence-electron chi connectivity index (χ2n) is 5.74. The lowest BCUT2D eigenvalue weighted by Gasteiger charge is -2.38. The van der Waals surface area contributed by atoms with E-state index in [-0.39, 0.29) is 23.8 Å². The van der Waals surface area contributed by atoms with Crippen molar-refractivity contribution in [2.45, 2.75) is 39.0 Å². The van der Waals surface area contributed by atoms with Gasteiger partial charge < -0.3 is 15.0 Å². The molecule has 2 saturated heterocycles. The van der Waals surface area contributed by atoms with E-state index < -0.39 is 0 Å². The normalized spacial score (nSPS) is 21.7. The van der Waals surface area contributed by atoms with Crippen LogP contribution in [0, 0.1) is 5.41 Å². The van der Waals surface area contributed by atoms with E-state index in [1.807, 2.05) is 4.90 Å². The summed E-state index contributed by atoms with van der Waals surface area (Å²) in [5.41, 5.74) is 0.108. The molecule has 0 aromatic rings. The highest BCUT2D eigenvalue weighted by molar-refractivity contribution is 5.80. The van der Waals surface area contributed by atoms with Gasteiger partial charge in [0.05, 0.1) is 0 Å². The van der Waals surface area contributed by atoms with Crippen LogP contribution < -0.4 is 5.32 Å². The molecule has 1 spiro atoms. The molecule has 0 aromatic heterocycles. The molecule has 0 saturated carbocycles. The van der Waals surface area contributed by atoms with Gasteiger partial charge in [0.1, 0.15) is 6.61 Å². The molecular formula is C14H24N2O3. The van der Waals surface area contributed by atoms with E-state index in [0.717, 1.165) is 45.3 Å². The maximum atomic E-state index is 11.9. The van der Waals surface area contributed by atoms with Gasteiger partial charge in [0, 0.05) is 32.7 Å². The molecule has 1 N–H and O–H groups in total. The Bertz CT molecular complexity index is 336. The molecule has 108 valence electrons. The Balaban J connectivity index is 1.70. The maximum absolute atomic E-state index is 11.9. The Hall–Kier alpha value is -1.10. The second-order valence-corrected chi connectivity index (χ2v) is 5.74. The van der Waals surface area contributed by atoms with Crippen LogP contribution in [0.3, 0.4) is 0 Å². The predicted molar refractivity (Wildman–Crippen MR) is 71.6 cm³/mol. The monoisotopic (exact) mass is 268 g/mol. The SMILES string of the molecule is CCCCOCC(=O)N1CCC2(CC1)CNC(=O)C2. The van der Waals surface area contributed by atoms with Gasteiger partial charge in [0.25, 0.3) is 0 Å². The van der Waals surface area contributed by atoms with Crippen LogP contribution in [0.25, 0.3) is 0 Å². The predicted octanol–water partition coefficient (Wildman–Crippen LogP) is 0.932.